The van der Waals surface area contributed by atoms with E-state index in [4.69, 9.17) is 8.83 Å². The Bertz CT molecular complexity index is 3190. The molecule has 3 heteroatoms. The summed E-state index contributed by atoms with van der Waals surface area (Å²) in [5.74, 6) is 0. The van der Waals surface area contributed by atoms with Gasteiger partial charge in [0.2, 0.25) is 0 Å². The molecule has 258 valence electrons. The SMILES string of the molecule is c1ccc(-c2ccc3oc4c(N(c5ccc(-c6ccc7ccccc7c6)cc5)c5ccc(-c6ccc7oc8ccccc8c7c6)cc5)cccc4c3c2)cc1. The highest BCUT2D eigenvalue weighted by Crippen LogP contribution is 2.44. The van der Waals surface area contributed by atoms with Crippen LogP contribution in [-0.4, -0.2) is 0 Å². The molecule has 11 rings (SSSR count). The zero-order valence-electron chi connectivity index (χ0n) is 29.8. The first-order chi connectivity index (χ1) is 27.2. The third kappa shape index (κ3) is 5.36. The summed E-state index contributed by atoms with van der Waals surface area (Å²) in [5.41, 5.74) is 13.6. The van der Waals surface area contributed by atoms with E-state index in [1.807, 2.05) is 12.1 Å². The lowest BCUT2D eigenvalue weighted by Crippen LogP contribution is -2.10. The van der Waals surface area contributed by atoms with Crippen LogP contribution in [0.15, 0.2) is 209 Å². The van der Waals surface area contributed by atoms with Crippen molar-refractivity contribution in [2.75, 3.05) is 4.90 Å². The summed E-state index contributed by atoms with van der Waals surface area (Å²) in [7, 11) is 0. The van der Waals surface area contributed by atoms with Crippen molar-refractivity contribution in [3.05, 3.63) is 200 Å². The van der Waals surface area contributed by atoms with E-state index < -0.39 is 0 Å². The van der Waals surface area contributed by atoms with Crippen molar-refractivity contribution in [2.45, 2.75) is 0 Å². The first kappa shape index (κ1) is 31.2. The zero-order chi connectivity index (χ0) is 36.3. The Labute approximate surface area is 317 Å². The predicted octanol–water partition coefficient (Wildman–Crippen LogP) is 15.1. The number of benzene rings is 9. The van der Waals surface area contributed by atoms with E-state index in [-0.39, 0.29) is 0 Å². The molecule has 55 heavy (non-hydrogen) atoms. The maximum atomic E-state index is 6.74. The number of hydrogen-bond acceptors (Lipinski definition) is 3. The highest BCUT2D eigenvalue weighted by Gasteiger charge is 2.20. The number of para-hydroxylation sites is 2. The van der Waals surface area contributed by atoms with Crippen LogP contribution < -0.4 is 4.90 Å². The third-order valence-corrected chi connectivity index (χ3v) is 10.9. The predicted molar refractivity (Wildman–Crippen MR) is 229 cm³/mol. The average molecular weight is 704 g/mol. The van der Waals surface area contributed by atoms with Gasteiger partial charge in [-0.3, -0.25) is 0 Å². The van der Waals surface area contributed by atoms with Gasteiger partial charge in [-0.2, -0.15) is 0 Å². The number of fused-ring (bicyclic) bond motifs is 7. The largest absolute Gasteiger partial charge is 0.456 e. The van der Waals surface area contributed by atoms with E-state index in [9.17, 15) is 0 Å². The van der Waals surface area contributed by atoms with E-state index in [0.717, 1.165) is 72.1 Å². The molecule has 0 spiro atoms. The summed E-state index contributed by atoms with van der Waals surface area (Å²) in [6, 6.07) is 71.0. The second-order valence-corrected chi connectivity index (χ2v) is 14.1. The van der Waals surface area contributed by atoms with E-state index in [0.29, 0.717) is 0 Å². The Morgan fingerprint density at radius 3 is 1.53 bits per heavy atom. The minimum absolute atomic E-state index is 0.850. The minimum Gasteiger partial charge on any atom is -0.456 e. The summed E-state index contributed by atoms with van der Waals surface area (Å²) in [6.45, 7) is 0. The fourth-order valence-electron chi connectivity index (χ4n) is 8.08. The van der Waals surface area contributed by atoms with Crippen molar-refractivity contribution in [1.82, 2.24) is 0 Å². The Balaban J connectivity index is 1.04. The van der Waals surface area contributed by atoms with Gasteiger partial charge in [0.05, 0.1) is 5.69 Å². The van der Waals surface area contributed by atoms with Crippen LogP contribution in [0, 0.1) is 0 Å². The van der Waals surface area contributed by atoms with Crippen LogP contribution in [0.4, 0.5) is 17.1 Å². The second-order valence-electron chi connectivity index (χ2n) is 14.1. The van der Waals surface area contributed by atoms with Gasteiger partial charge in [-0.1, -0.05) is 133 Å². The van der Waals surface area contributed by atoms with E-state index in [1.54, 1.807) is 0 Å². The molecule has 0 aliphatic heterocycles. The summed E-state index contributed by atoms with van der Waals surface area (Å²) in [4.78, 5) is 2.31. The lowest BCUT2D eigenvalue weighted by molar-refractivity contribution is 0.668. The number of nitrogens with zero attached hydrogens (tertiary/aromatic N) is 1. The zero-order valence-corrected chi connectivity index (χ0v) is 29.8. The second kappa shape index (κ2) is 12.6. The van der Waals surface area contributed by atoms with Gasteiger partial charge >= 0.3 is 0 Å². The summed E-state index contributed by atoms with van der Waals surface area (Å²) in [6.07, 6.45) is 0. The Hall–Kier alpha value is -7.36. The molecule has 0 N–H and O–H groups in total. The molecule has 2 heterocycles. The number of hydrogen-bond donors (Lipinski definition) is 0. The maximum absolute atomic E-state index is 6.74. The molecule has 0 amide bonds. The van der Waals surface area contributed by atoms with E-state index >= 15 is 0 Å². The monoisotopic (exact) mass is 703 g/mol. The first-order valence-corrected chi connectivity index (χ1v) is 18.7. The molecule has 9 aromatic carbocycles. The molecule has 2 aromatic heterocycles. The van der Waals surface area contributed by atoms with Gasteiger partial charge in [-0.05, 0) is 111 Å². The van der Waals surface area contributed by atoms with Crippen LogP contribution >= 0.6 is 0 Å². The average Bonchev–Trinajstić information content (AvgIpc) is 3.83. The van der Waals surface area contributed by atoms with Gasteiger partial charge in [0.1, 0.15) is 16.7 Å². The number of anilines is 3. The lowest BCUT2D eigenvalue weighted by atomic mass is 10.00. The standard InChI is InChI=1S/C52H33NO2/c1-2-9-34(10-3-1)40-24-30-51-47(33-40)45-14-8-15-48(52(45)55-51)53(42-25-19-36(20-26-42)39-18-17-35-11-4-5-12-38(35)31-39)43-27-21-37(22-28-43)41-23-29-50-46(32-41)44-13-6-7-16-49(44)54-50/h1-33H. The molecule has 0 bridgehead atoms. The van der Waals surface area contributed by atoms with Crippen LogP contribution in [-0.2, 0) is 0 Å². The number of rotatable bonds is 6. The molecular weight excluding hydrogens is 671 g/mol. The molecule has 0 aliphatic rings. The van der Waals surface area contributed by atoms with Crippen molar-refractivity contribution >= 4 is 71.7 Å². The molecule has 0 saturated carbocycles. The molecule has 0 unspecified atom stereocenters. The van der Waals surface area contributed by atoms with Gasteiger partial charge < -0.3 is 13.7 Å². The van der Waals surface area contributed by atoms with Gasteiger partial charge in [0, 0.05) is 32.9 Å². The fraction of sp³-hybridized carbons (Fsp3) is 0. The van der Waals surface area contributed by atoms with Crippen molar-refractivity contribution in [2.24, 2.45) is 0 Å². The summed E-state index contributed by atoms with van der Waals surface area (Å²) in [5, 5.41) is 6.91. The molecule has 11 aromatic rings. The van der Waals surface area contributed by atoms with E-state index in [1.165, 1.54) is 33.0 Å². The van der Waals surface area contributed by atoms with Gasteiger partial charge in [-0.15, -0.1) is 0 Å². The minimum atomic E-state index is 0.850. The van der Waals surface area contributed by atoms with Crippen molar-refractivity contribution in [3.8, 4) is 33.4 Å². The molecule has 0 fully saturated rings. The molecule has 0 saturated heterocycles. The molecule has 0 radical (unpaired) electrons. The highest BCUT2D eigenvalue weighted by atomic mass is 16.3. The topological polar surface area (TPSA) is 29.5 Å². The van der Waals surface area contributed by atoms with Gasteiger partial charge in [0.15, 0.2) is 5.58 Å². The molecule has 3 nitrogen and oxygen atoms in total. The van der Waals surface area contributed by atoms with Crippen LogP contribution in [0.3, 0.4) is 0 Å². The first-order valence-electron chi connectivity index (χ1n) is 18.7. The van der Waals surface area contributed by atoms with Crippen LogP contribution in [0.2, 0.25) is 0 Å². The Morgan fingerprint density at radius 2 is 0.800 bits per heavy atom. The smallest absolute Gasteiger partial charge is 0.159 e. The highest BCUT2D eigenvalue weighted by molar-refractivity contribution is 6.11. The lowest BCUT2D eigenvalue weighted by Gasteiger charge is -2.26. The summed E-state index contributed by atoms with van der Waals surface area (Å²) < 4.78 is 12.9. The van der Waals surface area contributed by atoms with E-state index in [2.05, 4.69) is 193 Å². The van der Waals surface area contributed by atoms with Crippen molar-refractivity contribution < 1.29 is 8.83 Å². The third-order valence-electron chi connectivity index (χ3n) is 10.9. The number of furan rings is 2. The maximum Gasteiger partial charge on any atom is 0.159 e. The Morgan fingerprint density at radius 1 is 0.291 bits per heavy atom. The molecule has 0 atom stereocenters. The van der Waals surface area contributed by atoms with Crippen molar-refractivity contribution in [1.29, 1.82) is 0 Å². The normalized spacial score (nSPS) is 11.6. The Kier molecular flexibility index (Phi) is 7.17. The summed E-state index contributed by atoms with van der Waals surface area (Å²) >= 11 is 0. The van der Waals surface area contributed by atoms with Gasteiger partial charge in [-0.25, -0.2) is 0 Å². The molecular formula is C52H33NO2. The van der Waals surface area contributed by atoms with Crippen molar-refractivity contribution in [3.63, 3.8) is 0 Å². The van der Waals surface area contributed by atoms with Crippen LogP contribution in [0.25, 0.3) is 88.0 Å². The van der Waals surface area contributed by atoms with Gasteiger partial charge in [0.25, 0.3) is 0 Å². The van der Waals surface area contributed by atoms with Crippen LogP contribution in [0.5, 0.6) is 0 Å². The van der Waals surface area contributed by atoms with Crippen LogP contribution in [0.1, 0.15) is 0 Å². The quantitative estimate of drug-likeness (QED) is 0.173. The molecule has 0 aliphatic carbocycles. The fourth-order valence-corrected chi connectivity index (χ4v) is 8.08.